The number of pyridine rings is 1. The zero-order valence-corrected chi connectivity index (χ0v) is 12.8. The van der Waals surface area contributed by atoms with E-state index >= 15 is 0 Å². The van der Waals surface area contributed by atoms with Gasteiger partial charge in [-0.3, -0.25) is 9.38 Å². The molecule has 1 fully saturated rings. The first kappa shape index (κ1) is 14.0. The number of hydrogen-bond acceptors (Lipinski definition) is 6. The molecule has 1 aliphatic rings. The second-order valence-corrected chi connectivity index (χ2v) is 5.30. The lowest BCUT2D eigenvalue weighted by Gasteiger charge is -2.27. The summed E-state index contributed by atoms with van der Waals surface area (Å²) in [4.78, 5) is 15.5. The number of anilines is 1. The predicted molar refractivity (Wildman–Crippen MR) is 85.8 cm³/mol. The predicted octanol–water partition coefficient (Wildman–Crippen LogP) is 1.64. The number of nitrogens with zero attached hydrogens (tertiary/aromatic N) is 5. The molecule has 0 amide bonds. The van der Waals surface area contributed by atoms with E-state index in [2.05, 4.69) is 19.9 Å². The Kier molecular flexibility index (Phi) is 3.55. The van der Waals surface area contributed by atoms with Crippen molar-refractivity contribution in [1.82, 2.24) is 19.4 Å². The van der Waals surface area contributed by atoms with Gasteiger partial charge >= 0.3 is 0 Å². The van der Waals surface area contributed by atoms with E-state index in [0.717, 1.165) is 54.8 Å². The maximum absolute atomic E-state index is 5.41. The van der Waals surface area contributed by atoms with Gasteiger partial charge in [0.15, 0.2) is 11.5 Å². The highest BCUT2D eigenvalue weighted by atomic mass is 16.5. The third-order valence-electron chi connectivity index (χ3n) is 3.96. The van der Waals surface area contributed by atoms with Gasteiger partial charge in [0, 0.05) is 37.2 Å². The summed E-state index contributed by atoms with van der Waals surface area (Å²) < 4.78 is 12.7. The van der Waals surface area contributed by atoms with Crippen molar-refractivity contribution < 1.29 is 9.47 Å². The quantitative estimate of drug-likeness (QED) is 0.732. The highest BCUT2D eigenvalue weighted by Crippen LogP contribution is 2.26. The fourth-order valence-corrected chi connectivity index (χ4v) is 2.79. The van der Waals surface area contributed by atoms with Gasteiger partial charge in [-0.25, -0.2) is 9.97 Å². The van der Waals surface area contributed by atoms with Crippen molar-refractivity contribution in [3.63, 3.8) is 0 Å². The molecule has 1 aliphatic heterocycles. The van der Waals surface area contributed by atoms with Gasteiger partial charge in [0.1, 0.15) is 5.75 Å². The molecule has 118 valence electrons. The van der Waals surface area contributed by atoms with Crippen LogP contribution in [0.25, 0.3) is 16.9 Å². The second-order valence-electron chi connectivity index (χ2n) is 5.30. The summed E-state index contributed by atoms with van der Waals surface area (Å²) in [6.45, 7) is 3.09. The topological polar surface area (TPSA) is 64.8 Å². The lowest BCUT2D eigenvalue weighted by atomic mass is 10.2. The van der Waals surface area contributed by atoms with E-state index in [1.54, 1.807) is 25.7 Å². The monoisotopic (exact) mass is 311 g/mol. The highest BCUT2D eigenvalue weighted by molar-refractivity contribution is 5.71. The fraction of sp³-hybridized carbons (Fsp3) is 0.312. The van der Waals surface area contributed by atoms with Gasteiger partial charge in [-0.1, -0.05) is 0 Å². The van der Waals surface area contributed by atoms with Crippen LogP contribution < -0.4 is 9.64 Å². The van der Waals surface area contributed by atoms with Crippen molar-refractivity contribution in [2.75, 3.05) is 38.3 Å². The van der Waals surface area contributed by atoms with E-state index < -0.39 is 0 Å². The molecular formula is C16H17N5O2. The molecule has 0 aromatic carbocycles. The Morgan fingerprint density at radius 1 is 1.13 bits per heavy atom. The Bertz CT molecular complexity index is 826. The summed E-state index contributed by atoms with van der Waals surface area (Å²) in [6, 6.07) is 1.95. The minimum absolute atomic E-state index is 0.718. The van der Waals surface area contributed by atoms with Crippen molar-refractivity contribution in [3.05, 3.63) is 37.1 Å². The third-order valence-corrected chi connectivity index (χ3v) is 3.96. The molecule has 0 N–H and O–H groups in total. The molecule has 4 heterocycles. The first-order valence-corrected chi connectivity index (χ1v) is 7.51. The number of imidazole rings is 1. The van der Waals surface area contributed by atoms with Gasteiger partial charge < -0.3 is 14.4 Å². The maximum Gasteiger partial charge on any atom is 0.180 e. The maximum atomic E-state index is 5.41. The summed E-state index contributed by atoms with van der Waals surface area (Å²) in [5.41, 5.74) is 2.76. The van der Waals surface area contributed by atoms with Crippen LogP contribution in [-0.2, 0) is 4.74 Å². The van der Waals surface area contributed by atoms with Gasteiger partial charge in [-0.15, -0.1) is 0 Å². The van der Waals surface area contributed by atoms with Gasteiger partial charge in [-0.05, 0) is 6.07 Å². The number of rotatable bonds is 3. The van der Waals surface area contributed by atoms with Gasteiger partial charge in [0.25, 0.3) is 0 Å². The van der Waals surface area contributed by atoms with E-state index in [1.165, 1.54) is 0 Å². The second kappa shape index (κ2) is 5.85. The van der Waals surface area contributed by atoms with Crippen molar-refractivity contribution in [3.8, 4) is 17.0 Å². The van der Waals surface area contributed by atoms with Crippen LogP contribution in [0.2, 0.25) is 0 Å². The molecule has 3 aromatic rings. The molecule has 0 bridgehead atoms. The van der Waals surface area contributed by atoms with E-state index in [9.17, 15) is 0 Å². The average Bonchev–Trinajstić information content (AvgIpc) is 3.06. The zero-order valence-electron chi connectivity index (χ0n) is 12.8. The molecule has 0 spiro atoms. The molecule has 0 atom stereocenters. The number of ether oxygens (including phenoxy) is 2. The smallest absolute Gasteiger partial charge is 0.180 e. The minimum Gasteiger partial charge on any atom is -0.495 e. The SMILES string of the molecule is COc1cncc(-c2cnc3c(N4CCOCC4)nccn23)c1. The van der Waals surface area contributed by atoms with Crippen LogP contribution in [0.4, 0.5) is 5.82 Å². The summed E-state index contributed by atoms with van der Waals surface area (Å²) in [5, 5.41) is 0. The van der Waals surface area contributed by atoms with Gasteiger partial charge in [0.05, 0.1) is 38.4 Å². The first-order valence-electron chi connectivity index (χ1n) is 7.51. The molecule has 0 radical (unpaired) electrons. The molecule has 3 aromatic heterocycles. The lowest BCUT2D eigenvalue weighted by molar-refractivity contribution is 0.122. The molecule has 7 heteroatoms. The molecule has 1 saturated heterocycles. The van der Waals surface area contributed by atoms with Gasteiger partial charge in [-0.2, -0.15) is 0 Å². The van der Waals surface area contributed by atoms with E-state index in [-0.39, 0.29) is 0 Å². The van der Waals surface area contributed by atoms with E-state index in [0.29, 0.717) is 0 Å². The van der Waals surface area contributed by atoms with Gasteiger partial charge in [0.2, 0.25) is 0 Å². The Balaban J connectivity index is 1.80. The largest absolute Gasteiger partial charge is 0.495 e. The van der Waals surface area contributed by atoms with E-state index in [1.807, 2.05) is 22.9 Å². The van der Waals surface area contributed by atoms with Crippen LogP contribution in [0.3, 0.4) is 0 Å². The Labute approximate surface area is 133 Å². The summed E-state index contributed by atoms with van der Waals surface area (Å²) in [7, 11) is 1.63. The normalized spacial score (nSPS) is 15.1. The third kappa shape index (κ3) is 2.49. The average molecular weight is 311 g/mol. The Hall–Kier alpha value is -2.67. The summed E-state index contributed by atoms with van der Waals surface area (Å²) in [5.74, 6) is 1.61. The number of aromatic nitrogens is 4. The number of fused-ring (bicyclic) bond motifs is 1. The van der Waals surface area contributed by atoms with Crippen molar-refractivity contribution in [1.29, 1.82) is 0 Å². The highest BCUT2D eigenvalue weighted by Gasteiger charge is 2.18. The number of hydrogen-bond donors (Lipinski definition) is 0. The summed E-state index contributed by atoms with van der Waals surface area (Å²) >= 11 is 0. The van der Waals surface area contributed by atoms with Crippen LogP contribution in [0.1, 0.15) is 0 Å². The Morgan fingerprint density at radius 3 is 2.83 bits per heavy atom. The Morgan fingerprint density at radius 2 is 2.00 bits per heavy atom. The van der Waals surface area contributed by atoms with Crippen molar-refractivity contribution in [2.24, 2.45) is 0 Å². The number of methoxy groups -OCH3 is 1. The lowest BCUT2D eigenvalue weighted by Crippen LogP contribution is -2.37. The number of morpholine rings is 1. The summed E-state index contributed by atoms with van der Waals surface area (Å²) in [6.07, 6.45) is 9.06. The van der Waals surface area contributed by atoms with Crippen LogP contribution >= 0.6 is 0 Å². The molecule has 0 aliphatic carbocycles. The standard InChI is InChI=1S/C16H17N5O2/c1-22-13-8-12(9-17-10-13)14-11-19-16-15(18-2-3-21(14)16)20-4-6-23-7-5-20/h2-3,8-11H,4-7H2,1H3. The molecule has 23 heavy (non-hydrogen) atoms. The molecule has 4 rings (SSSR count). The molecular weight excluding hydrogens is 294 g/mol. The zero-order chi connectivity index (χ0) is 15.6. The first-order chi connectivity index (χ1) is 11.4. The molecule has 0 saturated carbocycles. The minimum atomic E-state index is 0.718. The molecule has 0 unspecified atom stereocenters. The van der Waals surface area contributed by atoms with Crippen LogP contribution in [0.5, 0.6) is 5.75 Å². The van der Waals surface area contributed by atoms with Crippen molar-refractivity contribution in [2.45, 2.75) is 0 Å². The fourth-order valence-electron chi connectivity index (χ4n) is 2.79. The van der Waals surface area contributed by atoms with Crippen LogP contribution in [-0.4, -0.2) is 52.8 Å². The van der Waals surface area contributed by atoms with Crippen LogP contribution in [0.15, 0.2) is 37.1 Å². The van der Waals surface area contributed by atoms with Crippen molar-refractivity contribution >= 4 is 11.5 Å². The molecule has 7 nitrogen and oxygen atoms in total. The van der Waals surface area contributed by atoms with Crippen LogP contribution in [0, 0.1) is 0 Å². The van der Waals surface area contributed by atoms with E-state index in [4.69, 9.17) is 9.47 Å².